The summed E-state index contributed by atoms with van der Waals surface area (Å²) in [6, 6.07) is -1.30. The van der Waals surface area contributed by atoms with Crippen molar-refractivity contribution in [3.8, 4) is 0 Å². The van der Waals surface area contributed by atoms with Crippen LogP contribution in [0.2, 0.25) is 0 Å². The Kier molecular flexibility index (Phi) is 8.72. The molecule has 1 amide bonds. The minimum atomic E-state index is -1.30. The Hall–Kier alpha value is -2.20. The normalized spacial score (nSPS) is 14.4. The van der Waals surface area contributed by atoms with Crippen LogP contribution in [0.25, 0.3) is 0 Å². The third-order valence-electron chi connectivity index (χ3n) is 2.39. The van der Waals surface area contributed by atoms with E-state index < -0.39 is 55.3 Å². The first-order valence-electron chi connectivity index (χ1n) is 6.43. The molecule has 0 aliphatic heterocycles. The lowest BCUT2D eigenvalue weighted by Crippen LogP contribution is -2.42. The number of amides is 1. The smallest absolute Gasteiger partial charge is 0.347 e. The fourth-order valence-electron chi connectivity index (χ4n) is 1.15. The molecule has 10 nitrogen and oxygen atoms in total. The molecule has 0 spiro atoms. The molecule has 0 aromatic heterocycles. The molecule has 3 atom stereocenters. The highest BCUT2D eigenvalue weighted by Gasteiger charge is 2.25. The topological polar surface area (TPSA) is 168 Å². The van der Waals surface area contributed by atoms with Crippen LogP contribution in [0.4, 0.5) is 0 Å². The van der Waals surface area contributed by atoms with E-state index in [-0.39, 0.29) is 6.42 Å². The van der Waals surface area contributed by atoms with Crippen LogP contribution in [0.3, 0.4) is 0 Å². The zero-order valence-electron chi connectivity index (χ0n) is 12.3. The Balaban J connectivity index is 4.29. The summed E-state index contributed by atoms with van der Waals surface area (Å²) in [4.78, 5) is 44.7. The molecule has 5 N–H and O–H groups in total. The van der Waals surface area contributed by atoms with Gasteiger partial charge in [0.1, 0.15) is 6.04 Å². The highest BCUT2D eigenvalue weighted by Crippen LogP contribution is 2.03. The number of esters is 3. The number of aliphatic hydroxyl groups excluding tert-OH is 1. The maximum atomic E-state index is 11.5. The van der Waals surface area contributed by atoms with Crippen LogP contribution in [0.15, 0.2) is 0 Å². The Morgan fingerprint density at radius 1 is 1.09 bits per heavy atom. The van der Waals surface area contributed by atoms with Crippen LogP contribution in [-0.4, -0.2) is 60.4 Å². The monoisotopic (exact) mass is 320 g/mol. The minimum Gasteiger partial charge on any atom is -0.453 e. The first-order valence-corrected chi connectivity index (χ1v) is 6.43. The number of primary amides is 1. The van der Waals surface area contributed by atoms with Gasteiger partial charge in [0.2, 0.25) is 0 Å². The molecule has 0 aromatic carbocycles. The molecule has 0 fully saturated rings. The molecule has 0 aliphatic rings. The Bertz CT molecular complexity index is 423. The number of hydrogen-bond acceptors (Lipinski definition) is 9. The molecule has 0 saturated heterocycles. The van der Waals surface area contributed by atoms with Gasteiger partial charge in [-0.15, -0.1) is 0 Å². The van der Waals surface area contributed by atoms with Crippen LogP contribution in [0.5, 0.6) is 0 Å². The van der Waals surface area contributed by atoms with E-state index in [0.717, 1.165) is 0 Å². The Morgan fingerprint density at radius 3 is 2.09 bits per heavy atom. The zero-order chi connectivity index (χ0) is 17.3. The van der Waals surface area contributed by atoms with Gasteiger partial charge in [-0.1, -0.05) is 6.92 Å². The van der Waals surface area contributed by atoms with Gasteiger partial charge >= 0.3 is 17.9 Å². The lowest BCUT2D eigenvalue weighted by molar-refractivity contribution is -0.173. The van der Waals surface area contributed by atoms with E-state index in [0.29, 0.717) is 0 Å². The second-order valence-corrected chi connectivity index (χ2v) is 4.33. The summed E-state index contributed by atoms with van der Waals surface area (Å²) in [5.74, 6) is -3.79. The molecule has 0 heterocycles. The van der Waals surface area contributed by atoms with Gasteiger partial charge in [-0.2, -0.15) is 0 Å². The van der Waals surface area contributed by atoms with Gasteiger partial charge in [-0.05, 0) is 13.3 Å². The molecule has 22 heavy (non-hydrogen) atoms. The summed E-state index contributed by atoms with van der Waals surface area (Å²) in [6.07, 6.45) is -2.31. The van der Waals surface area contributed by atoms with Crippen molar-refractivity contribution >= 4 is 23.8 Å². The first-order chi connectivity index (χ1) is 10.2. The van der Waals surface area contributed by atoms with E-state index in [1.165, 1.54) is 6.92 Å². The Morgan fingerprint density at radius 2 is 1.64 bits per heavy atom. The molecule has 0 saturated carbocycles. The highest BCUT2D eigenvalue weighted by atomic mass is 16.6. The van der Waals surface area contributed by atoms with Gasteiger partial charge < -0.3 is 30.8 Å². The quantitative estimate of drug-likeness (QED) is 0.309. The van der Waals surface area contributed by atoms with E-state index in [4.69, 9.17) is 21.3 Å². The van der Waals surface area contributed by atoms with Crippen molar-refractivity contribution in [2.24, 2.45) is 11.5 Å². The summed E-state index contributed by atoms with van der Waals surface area (Å²) in [5, 5.41) is 9.08. The maximum absolute atomic E-state index is 11.5. The van der Waals surface area contributed by atoms with E-state index >= 15 is 0 Å². The van der Waals surface area contributed by atoms with Crippen molar-refractivity contribution in [1.29, 1.82) is 0 Å². The van der Waals surface area contributed by atoms with Gasteiger partial charge in [0.05, 0.1) is 6.10 Å². The molecule has 0 aliphatic carbocycles. The fraction of sp³-hybridized carbons (Fsp3) is 0.667. The van der Waals surface area contributed by atoms with Gasteiger partial charge in [0.25, 0.3) is 5.91 Å². The molecule has 0 aromatic rings. The van der Waals surface area contributed by atoms with Gasteiger partial charge in [0.15, 0.2) is 19.3 Å². The zero-order valence-corrected chi connectivity index (χ0v) is 12.3. The second kappa shape index (κ2) is 9.68. The van der Waals surface area contributed by atoms with Crippen molar-refractivity contribution in [1.82, 2.24) is 0 Å². The van der Waals surface area contributed by atoms with Gasteiger partial charge in [-0.25, -0.2) is 9.59 Å². The molecule has 0 rings (SSSR count). The SMILES string of the molecule is CCC(OC(=O)COC(=O)[C@@H](N)[C@@H](C)O)C(=O)OCC(N)=O. The Labute approximate surface area is 126 Å². The van der Waals surface area contributed by atoms with Crippen molar-refractivity contribution in [2.45, 2.75) is 38.5 Å². The average Bonchev–Trinajstić information content (AvgIpc) is 2.46. The first kappa shape index (κ1) is 19.8. The van der Waals surface area contributed by atoms with Gasteiger partial charge in [-0.3, -0.25) is 9.59 Å². The number of rotatable bonds is 9. The maximum Gasteiger partial charge on any atom is 0.347 e. The number of carbonyl (C=O) groups excluding carboxylic acids is 4. The molecule has 0 bridgehead atoms. The molecule has 126 valence electrons. The van der Waals surface area contributed by atoms with Crippen LogP contribution in [0.1, 0.15) is 20.3 Å². The molecular weight excluding hydrogens is 300 g/mol. The predicted octanol–water partition coefficient (Wildman–Crippen LogP) is -2.41. The van der Waals surface area contributed by atoms with Crippen LogP contribution < -0.4 is 11.5 Å². The molecular formula is C12H20N2O8. The molecule has 1 unspecified atom stereocenters. The summed E-state index contributed by atoms with van der Waals surface area (Å²) in [7, 11) is 0. The van der Waals surface area contributed by atoms with Crippen LogP contribution >= 0.6 is 0 Å². The van der Waals surface area contributed by atoms with Crippen molar-refractivity contribution in [3.05, 3.63) is 0 Å². The summed E-state index contributed by atoms with van der Waals surface area (Å²) in [5.41, 5.74) is 10.1. The second-order valence-electron chi connectivity index (χ2n) is 4.33. The van der Waals surface area contributed by atoms with Crippen molar-refractivity contribution in [2.75, 3.05) is 13.2 Å². The predicted molar refractivity (Wildman–Crippen MR) is 70.9 cm³/mol. The van der Waals surface area contributed by atoms with E-state index in [2.05, 4.69) is 9.47 Å². The van der Waals surface area contributed by atoms with Crippen LogP contribution in [-0.2, 0) is 33.4 Å². The summed E-state index contributed by atoms with van der Waals surface area (Å²) in [6.45, 7) is 1.41. The number of aliphatic hydroxyl groups is 1. The molecule has 0 radical (unpaired) electrons. The largest absolute Gasteiger partial charge is 0.453 e. The number of nitrogens with two attached hydrogens (primary N) is 2. The lowest BCUT2D eigenvalue weighted by Gasteiger charge is -2.16. The number of carbonyl (C=O) groups is 4. The van der Waals surface area contributed by atoms with Crippen LogP contribution in [0, 0.1) is 0 Å². The third kappa shape index (κ3) is 7.55. The summed E-state index contributed by atoms with van der Waals surface area (Å²) >= 11 is 0. The van der Waals surface area contributed by atoms with Gasteiger partial charge in [0, 0.05) is 0 Å². The van der Waals surface area contributed by atoms with Crippen molar-refractivity contribution < 1.29 is 38.5 Å². The average molecular weight is 320 g/mol. The standard InChI is InChI=1S/C12H20N2O8/c1-3-7(11(18)20-4-8(13)16)22-9(17)5-21-12(19)10(14)6(2)15/h6-7,10,15H,3-5,14H2,1-2H3,(H2,13,16)/t6-,7?,10+/m1/s1. The summed E-state index contributed by atoms with van der Waals surface area (Å²) < 4.78 is 13.8. The number of hydrogen-bond donors (Lipinski definition) is 3. The van der Waals surface area contributed by atoms with Crippen molar-refractivity contribution in [3.63, 3.8) is 0 Å². The molecule has 10 heteroatoms. The van der Waals surface area contributed by atoms with E-state index in [1.54, 1.807) is 6.92 Å². The highest BCUT2D eigenvalue weighted by molar-refractivity contribution is 5.84. The third-order valence-corrected chi connectivity index (χ3v) is 2.39. The minimum absolute atomic E-state index is 0.0878. The fourth-order valence-corrected chi connectivity index (χ4v) is 1.15. The number of ether oxygens (including phenoxy) is 3. The van der Waals surface area contributed by atoms with E-state index in [1.807, 2.05) is 0 Å². The van der Waals surface area contributed by atoms with E-state index in [9.17, 15) is 19.2 Å². The lowest BCUT2D eigenvalue weighted by atomic mass is 10.2.